The number of rotatable bonds is 6. The van der Waals surface area contributed by atoms with E-state index in [2.05, 4.69) is 12.9 Å². The zero-order valence-electron chi connectivity index (χ0n) is 15.3. The van der Waals surface area contributed by atoms with E-state index < -0.39 is 31.3 Å². The van der Waals surface area contributed by atoms with Gasteiger partial charge >= 0.3 is 139 Å². The second-order valence-corrected chi connectivity index (χ2v) is 7.96. The first-order valence-electron chi connectivity index (χ1n) is 3.03. The first-order chi connectivity index (χ1) is 7.12. The van der Waals surface area contributed by atoms with Crippen molar-refractivity contribution in [2.45, 2.75) is 0 Å². The third-order valence-electron chi connectivity index (χ3n) is 0.625. The summed E-state index contributed by atoms with van der Waals surface area (Å²) in [5, 5.41) is 0. The average molecular weight is 402 g/mol. The number of hydrogen-bond donors (Lipinski definition) is 6. The molecule has 0 aliphatic rings. The second-order valence-electron chi connectivity index (χ2n) is 2.16. The molecule has 0 amide bonds. The van der Waals surface area contributed by atoms with E-state index in [0.717, 1.165) is 0 Å². The van der Waals surface area contributed by atoms with E-state index >= 15 is 0 Å². The van der Waals surface area contributed by atoms with Crippen molar-refractivity contribution in [3.63, 3.8) is 0 Å². The summed E-state index contributed by atoms with van der Waals surface area (Å²) in [6.45, 7) is 0. The summed E-state index contributed by atoms with van der Waals surface area (Å²) in [5.41, 5.74) is 0. The summed E-state index contributed by atoms with van der Waals surface area (Å²) >= 11 is 0. The Kier molecular flexibility index (Phi) is 22.6. The van der Waals surface area contributed by atoms with Crippen molar-refractivity contribution in [2.75, 3.05) is 0 Å². The molecule has 0 rings (SSSR count). The molecule has 0 bridgehead atoms. The first-order valence-corrected chi connectivity index (χ1v) is 9.08. The smallest absolute Gasteiger partial charge is 1.00 e. The molecule has 6 N–H and O–H groups in total. The van der Waals surface area contributed by atoms with Gasteiger partial charge in [-0.25, -0.2) is 18.3 Å². The van der Waals surface area contributed by atoms with Crippen LogP contribution < -0.4 is 108 Å². The van der Waals surface area contributed by atoms with E-state index in [1.54, 1.807) is 0 Å². The van der Waals surface area contributed by atoms with Crippen LogP contribution in [0.3, 0.4) is 0 Å². The van der Waals surface area contributed by atoms with Crippen molar-refractivity contribution < 1.29 is 174 Å². The van der Waals surface area contributed by atoms with Crippen LogP contribution in [-0.2, 0) is 31.2 Å². The maximum absolute atomic E-state index is 10.7. The molecule has 0 saturated carbocycles. The van der Waals surface area contributed by atoms with Gasteiger partial charge in [0.1, 0.15) is 0 Å². The molecule has 0 aliphatic heterocycles. The predicted octanol–water partition coefficient (Wildman–Crippen LogP) is -12.1. The fraction of sp³-hybridized carbons (Fsp3) is 0. The Bertz CT molecular complexity index is 436. The molecule has 0 aromatic heterocycles. The molecular weight excluding hydrogens is 392 g/mol. The molecule has 0 heterocycles. The Labute approximate surface area is 202 Å². The van der Waals surface area contributed by atoms with Crippen LogP contribution in [0.25, 0.3) is 0 Å². The van der Waals surface area contributed by atoms with Crippen LogP contribution in [0.4, 0.5) is 0 Å². The molecule has 0 spiro atoms. The zero-order valence-corrected chi connectivity index (χ0v) is 18.0. The normalized spacial score (nSPS) is 16.7. The summed E-state index contributed by atoms with van der Waals surface area (Å²) in [7, 11) is -22.6. The molecular formula is H10KLi3O13P4. The van der Waals surface area contributed by atoms with Gasteiger partial charge in [0.05, 0.1) is 0 Å². The van der Waals surface area contributed by atoms with E-state index in [9.17, 15) is 18.3 Å². The maximum Gasteiger partial charge on any atom is 1.00 e. The Morgan fingerprint density at radius 1 is 0.571 bits per heavy atom. The summed E-state index contributed by atoms with van der Waals surface area (Å²) in [4.78, 5) is 49.4. The number of hydrogen-bond acceptors (Lipinski definition) is 7. The molecule has 21 heavy (non-hydrogen) atoms. The Morgan fingerprint density at radius 2 is 0.762 bits per heavy atom. The van der Waals surface area contributed by atoms with Gasteiger partial charge in [-0.3, -0.25) is 0 Å². The minimum Gasteiger partial charge on any atom is -1.00 e. The summed E-state index contributed by atoms with van der Waals surface area (Å²) < 4.78 is 50.9. The minimum atomic E-state index is -5.77. The van der Waals surface area contributed by atoms with Gasteiger partial charge in [0.2, 0.25) is 0 Å². The van der Waals surface area contributed by atoms with Crippen molar-refractivity contribution in [1.29, 1.82) is 0 Å². The van der Waals surface area contributed by atoms with Crippen LogP contribution in [0.5, 0.6) is 0 Å². The van der Waals surface area contributed by atoms with Gasteiger partial charge < -0.3 is 35.1 Å². The topological polar surface area (TPSA) is 217 Å². The third-order valence-corrected chi connectivity index (χ3v) is 5.63. The standard InChI is InChI=1S/K.3Li.H6O13P4.4H/c;;;;1-14(2,3)11-16(7,8)13-17(9,10)12-15(4,5)6;;;;/h;;;;(H,7,8)(H,9,10)(H2,1,2,3)(H2,4,5,6);;;;/q4*+1;;4*-1. The SMILES string of the molecule is O=P(O)(O)OP(=O)(O)OP(=O)(O)OP(=O)(O)O.[H-].[H-].[H-].[H-].[K+].[Li+].[Li+].[Li+]. The van der Waals surface area contributed by atoms with Crippen LogP contribution in [0.2, 0.25) is 0 Å². The summed E-state index contributed by atoms with van der Waals surface area (Å²) in [5.74, 6) is 0. The molecule has 13 nitrogen and oxygen atoms in total. The molecule has 112 valence electrons. The monoisotopic (exact) mass is 402 g/mol. The van der Waals surface area contributed by atoms with E-state index in [1.165, 1.54) is 0 Å². The summed E-state index contributed by atoms with van der Waals surface area (Å²) in [6.07, 6.45) is 0. The quantitative estimate of drug-likeness (QED) is 0.180. The number of phosphoric acid groups is 4. The van der Waals surface area contributed by atoms with Crippen molar-refractivity contribution >= 4 is 31.3 Å². The molecule has 0 aliphatic carbocycles. The van der Waals surface area contributed by atoms with E-state index in [4.69, 9.17) is 29.4 Å². The van der Waals surface area contributed by atoms with Crippen molar-refractivity contribution in [3.8, 4) is 0 Å². The molecule has 21 heteroatoms. The van der Waals surface area contributed by atoms with E-state index in [0.29, 0.717) is 0 Å². The third kappa shape index (κ3) is 24.0. The first kappa shape index (κ1) is 36.0. The van der Waals surface area contributed by atoms with Gasteiger partial charge in [-0.05, 0) is 0 Å². The molecule has 0 aromatic carbocycles. The molecule has 2 unspecified atom stereocenters. The molecule has 0 saturated heterocycles. The molecule has 2 atom stereocenters. The summed E-state index contributed by atoms with van der Waals surface area (Å²) in [6, 6.07) is 0. The van der Waals surface area contributed by atoms with Gasteiger partial charge in [-0.1, -0.05) is 0 Å². The van der Waals surface area contributed by atoms with Gasteiger partial charge in [0.15, 0.2) is 0 Å². The van der Waals surface area contributed by atoms with Crippen LogP contribution in [0.1, 0.15) is 5.71 Å². The van der Waals surface area contributed by atoms with Gasteiger partial charge in [-0.2, -0.15) is 12.9 Å². The van der Waals surface area contributed by atoms with Crippen molar-refractivity contribution in [2.24, 2.45) is 0 Å². The Balaban J connectivity index is -0.0000000457. The van der Waals surface area contributed by atoms with Crippen LogP contribution in [0.15, 0.2) is 0 Å². The van der Waals surface area contributed by atoms with E-state index in [1.807, 2.05) is 0 Å². The van der Waals surface area contributed by atoms with Crippen molar-refractivity contribution in [1.82, 2.24) is 0 Å². The molecule has 0 fully saturated rings. The zero-order chi connectivity index (χ0) is 14.1. The molecule has 0 radical (unpaired) electrons. The molecule has 0 aromatic rings. The largest absolute Gasteiger partial charge is 1.00 e. The fourth-order valence-electron chi connectivity index (χ4n) is 0.429. The van der Waals surface area contributed by atoms with Gasteiger partial charge in [0, 0.05) is 0 Å². The van der Waals surface area contributed by atoms with E-state index in [-0.39, 0.29) is 114 Å². The van der Waals surface area contributed by atoms with Crippen molar-refractivity contribution in [3.05, 3.63) is 0 Å². The second kappa shape index (κ2) is 13.2. The minimum absolute atomic E-state index is 0. The average Bonchev–Trinajstić information content (AvgIpc) is 1.65. The van der Waals surface area contributed by atoms with Crippen LogP contribution >= 0.6 is 31.3 Å². The van der Waals surface area contributed by atoms with Crippen LogP contribution in [-0.4, -0.2) is 29.4 Å². The van der Waals surface area contributed by atoms with Crippen LogP contribution in [0, 0.1) is 0 Å². The maximum atomic E-state index is 10.7. The van der Waals surface area contributed by atoms with Gasteiger partial charge in [-0.15, -0.1) is 0 Å². The predicted molar refractivity (Wildman–Crippen MR) is 51.4 cm³/mol. The Morgan fingerprint density at radius 3 is 0.905 bits per heavy atom. The van der Waals surface area contributed by atoms with Gasteiger partial charge in [0.25, 0.3) is 0 Å². The fourth-order valence-corrected chi connectivity index (χ4v) is 4.40. The Hall–Kier alpha value is 3.99.